The van der Waals surface area contributed by atoms with Crippen LogP contribution in [0.4, 0.5) is 0 Å². The monoisotopic (exact) mass is 319 g/mol. The Balaban J connectivity index is 1.83. The van der Waals surface area contributed by atoms with Crippen molar-refractivity contribution in [1.82, 2.24) is 15.5 Å². The quantitative estimate of drug-likeness (QED) is 0.596. The lowest BCUT2D eigenvalue weighted by molar-refractivity contribution is -0.118. The van der Waals surface area contributed by atoms with E-state index in [2.05, 4.69) is 22.4 Å². The molecular weight excluding hydrogens is 298 g/mol. The Labute approximate surface area is 134 Å². The topological polar surface area (TPSA) is 68.0 Å². The highest BCUT2D eigenvalue weighted by Gasteiger charge is 2.12. The molecule has 0 spiro atoms. The third-order valence-corrected chi connectivity index (χ3v) is 4.03. The van der Waals surface area contributed by atoms with Gasteiger partial charge in [0, 0.05) is 12.1 Å². The lowest BCUT2D eigenvalue weighted by atomic mass is 10.1. The van der Waals surface area contributed by atoms with Gasteiger partial charge in [-0.2, -0.15) is 0 Å². The average Bonchev–Trinajstić information content (AvgIpc) is 2.99. The first-order valence-electron chi connectivity index (χ1n) is 7.49. The van der Waals surface area contributed by atoms with E-state index in [1.54, 1.807) is 0 Å². The van der Waals surface area contributed by atoms with Crippen LogP contribution in [0, 0.1) is 6.92 Å². The zero-order chi connectivity index (χ0) is 15.8. The van der Waals surface area contributed by atoms with Gasteiger partial charge in [-0.15, -0.1) is 10.2 Å². The number of aryl methyl sites for hydroxylation is 1. The van der Waals surface area contributed by atoms with E-state index in [1.807, 2.05) is 31.2 Å². The van der Waals surface area contributed by atoms with Crippen LogP contribution >= 0.6 is 11.8 Å². The van der Waals surface area contributed by atoms with Crippen LogP contribution in [0.5, 0.6) is 0 Å². The number of amides is 1. The van der Waals surface area contributed by atoms with Gasteiger partial charge in [-0.3, -0.25) is 4.79 Å². The maximum atomic E-state index is 11.7. The average molecular weight is 319 g/mol. The number of unbranched alkanes of at least 4 members (excludes halogenated alkanes) is 2. The maximum Gasteiger partial charge on any atom is 0.277 e. The van der Waals surface area contributed by atoms with Gasteiger partial charge in [-0.05, 0) is 25.0 Å². The summed E-state index contributed by atoms with van der Waals surface area (Å²) in [5.41, 5.74) is 2.00. The first-order chi connectivity index (χ1) is 10.7. The molecule has 1 amide bonds. The molecule has 0 saturated heterocycles. The van der Waals surface area contributed by atoms with Crippen LogP contribution in [0.1, 0.15) is 31.7 Å². The molecule has 0 unspecified atom stereocenters. The highest BCUT2D eigenvalue weighted by atomic mass is 32.2. The van der Waals surface area contributed by atoms with E-state index < -0.39 is 0 Å². The molecule has 0 aliphatic heterocycles. The van der Waals surface area contributed by atoms with E-state index in [0.717, 1.165) is 36.9 Å². The number of aromatic nitrogens is 2. The smallest absolute Gasteiger partial charge is 0.277 e. The molecule has 0 bridgehead atoms. The zero-order valence-electron chi connectivity index (χ0n) is 13.0. The molecule has 0 aliphatic carbocycles. The molecule has 1 aromatic carbocycles. The Hall–Kier alpha value is -1.82. The van der Waals surface area contributed by atoms with Crippen LogP contribution in [-0.2, 0) is 4.79 Å². The zero-order valence-corrected chi connectivity index (χ0v) is 13.8. The standard InChI is InChI=1S/C16H21N3O2S/c1-3-4-7-10-17-14(20)11-22-16-19-18-15(21-16)13-9-6-5-8-12(13)2/h5-6,8-9H,3-4,7,10-11H2,1-2H3,(H,17,20). The summed E-state index contributed by atoms with van der Waals surface area (Å²) >= 11 is 1.26. The molecule has 22 heavy (non-hydrogen) atoms. The molecule has 118 valence electrons. The molecule has 0 atom stereocenters. The number of nitrogens with one attached hydrogen (secondary N) is 1. The number of nitrogens with zero attached hydrogens (tertiary/aromatic N) is 2. The molecular formula is C16H21N3O2S. The summed E-state index contributed by atoms with van der Waals surface area (Å²) in [6.07, 6.45) is 3.30. The van der Waals surface area contributed by atoms with Crippen molar-refractivity contribution in [1.29, 1.82) is 0 Å². The number of benzene rings is 1. The van der Waals surface area contributed by atoms with Crippen molar-refractivity contribution in [2.24, 2.45) is 0 Å². The molecule has 1 heterocycles. The van der Waals surface area contributed by atoms with Gasteiger partial charge in [0.1, 0.15) is 0 Å². The molecule has 2 aromatic rings. The second-order valence-corrected chi connectivity index (χ2v) is 5.96. The van der Waals surface area contributed by atoms with Crippen LogP contribution in [0.2, 0.25) is 0 Å². The first kappa shape index (κ1) is 16.5. The Morgan fingerprint density at radius 3 is 2.86 bits per heavy atom. The SMILES string of the molecule is CCCCCNC(=O)CSc1nnc(-c2ccccc2C)o1. The number of hydrogen-bond donors (Lipinski definition) is 1. The van der Waals surface area contributed by atoms with E-state index in [9.17, 15) is 4.79 Å². The molecule has 0 saturated carbocycles. The fourth-order valence-corrected chi connectivity index (χ4v) is 2.56. The van der Waals surface area contributed by atoms with E-state index in [-0.39, 0.29) is 5.91 Å². The van der Waals surface area contributed by atoms with Crippen molar-refractivity contribution >= 4 is 17.7 Å². The van der Waals surface area contributed by atoms with Crippen molar-refractivity contribution < 1.29 is 9.21 Å². The van der Waals surface area contributed by atoms with Crippen molar-refractivity contribution in [2.75, 3.05) is 12.3 Å². The van der Waals surface area contributed by atoms with E-state index >= 15 is 0 Å². The number of rotatable bonds is 8. The second-order valence-electron chi connectivity index (χ2n) is 5.03. The first-order valence-corrected chi connectivity index (χ1v) is 8.48. The summed E-state index contributed by atoms with van der Waals surface area (Å²) in [6, 6.07) is 7.84. The third-order valence-electron chi connectivity index (χ3n) is 3.21. The van der Waals surface area contributed by atoms with Gasteiger partial charge in [0.15, 0.2) is 0 Å². The van der Waals surface area contributed by atoms with Gasteiger partial charge in [0.2, 0.25) is 11.8 Å². The molecule has 6 heteroatoms. The lowest BCUT2D eigenvalue weighted by Crippen LogP contribution is -2.26. The fraction of sp³-hybridized carbons (Fsp3) is 0.438. The third kappa shape index (κ3) is 4.87. The fourth-order valence-electron chi connectivity index (χ4n) is 1.97. The van der Waals surface area contributed by atoms with Crippen LogP contribution in [0.3, 0.4) is 0 Å². The number of thioether (sulfide) groups is 1. The maximum absolute atomic E-state index is 11.7. The van der Waals surface area contributed by atoms with Gasteiger partial charge in [-0.25, -0.2) is 0 Å². The van der Waals surface area contributed by atoms with Crippen LogP contribution in [0.15, 0.2) is 33.9 Å². The van der Waals surface area contributed by atoms with Crippen molar-refractivity contribution in [2.45, 2.75) is 38.3 Å². The summed E-state index contributed by atoms with van der Waals surface area (Å²) in [7, 11) is 0. The summed E-state index contributed by atoms with van der Waals surface area (Å²) in [4.78, 5) is 11.7. The molecule has 0 aliphatic rings. The number of carbonyl (C=O) groups excluding carboxylic acids is 1. The lowest BCUT2D eigenvalue weighted by Gasteiger charge is -2.02. The van der Waals surface area contributed by atoms with Crippen LogP contribution in [0.25, 0.3) is 11.5 Å². The van der Waals surface area contributed by atoms with Crippen LogP contribution in [-0.4, -0.2) is 28.4 Å². The summed E-state index contributed by atoms with van der Waals surface area (Å²) in [5, 5.41) is 11.3. The van der Waals surface area contributed by atoms with Gasteiger partial charge >= 0.3 is 0 Å². The number of hydrogen-bond acceptors (Lipinski definition) is 5. The highest BCUT2D eigenvalue weighted by molar-refractivity contribution is 7.99. The molecule has 0 fully saturated rings. The van der Waals surface area contributed by atoms with Crippen molar-refractivity contribution in [3.63, 3.8) is 0 Å². The highest BCUT2D eigenvalue weighted by Crippen LogP contribution is 2.25. The van der Waals surface area contributed by atoms with Gasteiger partial charge in [0.25, 0.3) is 5.22 Å². The Bertz CT molecular complexity index is 613. The van der Waals surface area contributed by atoms with Crippen molar-refractivity contribution in [3.05, 3.63) is 29.8 Å². The summed E-state index contributed by atoms with van der Waals surface area (Å²) in [6.45, 7) is 4.86. The van der Waals surface area contributed by atoms with Crippen LogP contribution < -0.4 is 5.32 Å². The minimum absolute atomic E-state index is 0.00301. The predicted molar refractivity (Wildman–Crippen MR) is 87.7 cm³/mol. The summed E-state index contributed by atoms with van der Waals surface area (Å²) in [5.74, 6) is 0.780. The van der Waals surface area contributed by atoms with Gasteiger partial charge in [-0.1, -0.05) is 49.7 Å². The molecule has 1 N–H and O–H groups in total. The largest absolute Gasteiger partial charge is 0.411 e. The van der Waals surface area contributed by atoms with E-state index in [0.29, 0.717) is 16.9 Å². The van der Waals surface area contributed by atoms with Gasteiger partial charge < -0.3 is 9.73 Å². The molecule has 2 rings (SSSR count). The minimum atomic E-state index is -0.00301. The Morgan fingerprint density at radius 2 is 2.09 bits per heavy atom. The van der Waals surface area contributed by atoms with E-state index in [1.165, 1.54) is 11.8 Å². The number of carbonyl (C=O) groups is 1. The van der Waals surface area contributed by atoms with Gasteiger partial charge in [0.05, 0.1) is 5.75 Å². The van der Waals surface area contributed by atoms with Crippen molar-refractivity contribution in [3.8, 4) is 11.5 Å². The van der Waals surface area contributed by atoms with E-state index in [4.69, 9.17) is 4.42 Å². The molecule has 5 nitrogen and oxygen atoms in total. The Kier molecular flexibility index (Phi) is 6.45. The molecule has 0 radical (unpaired) electrons. The normalized spacial score (nSPS) is 10.6. The molecule has 1 aromatic heterocycles. The minimum Gasteiger partial charge on any atom is -0.411 e. The second kappa shape index (κ2) is 8.58. The predicted octanol–water partition coefficient (Wildman–Crippen LogP) is 3.44. The Morgan fingerprint density at radius 1 is 1.27 bits per heavy atom. The summed E-state index contributed by atoms with van der Waals surface area (Å²) < 4.78 is 5.60.